The van der Waals surface area contributed by atoms with Crippen LogP contribution in [0.4, 0.5) is 0 Å². The fourth-order valence-corrected chi connectivity index (χ4v) is 3.93. The molecule has 0 N–H and O–H groups in total. The second kappa shape index (κ2) is 6.36. The van der Waals surface area contributed by atoms with E-state index in [2.05, 4.69) is 51.6 Å². The molecule has 1 aliphatic rings. The summed E-state index contributed by atoms with van der Waals surface area (Å²) in [5, 5.41) is 1.29. The number of pyridine rings is 1. The fraction of sp³-hybridized carbons (Fsp3) is 0.400. The molecule has 1 fully saturated rings. The summed E-state index contributed by atoms with van der Waals surface area (Å²) in [4.78, 5) is 11.7. The first-order chi connectivity index (χ1) is 11.7. The van der Waals surface area contributed by atoms with Gasteiger partial charge in [0, 0.05) is 50.0 Å². The average Bonchev–Trinajstić information content (AvgIpc) is 3.04. The van der Waals surface area contributed by atoms with Crippen molar-refractivity contribution in [1.29, 1.82) is 0 Å². The molecule has 4 rings (SSSR count). The van der Waals surface area contributed by atoms with Crippen LogP contribution < -0.4 is 0 Å². The van der Waals surface area contributed by atoms with Crippen LogP contribution in [0.25, 0.3) is 10.9 Å². The summed E-state index contributed by atoms with van der Waals surface area (Å²) >= 11 is 0. The molecule has 2 aromatic heterocycles. The van der Waals surface area contributed by atoms with Crippen LogP contribution >= 0.6 is 0 Å². The summed E-state index contributed by atoms with van der Waals surface area (Å²) in [6.07, 6.45) is 8.31. The maximum absolute atomic E-state index is 4.57. The van der Waals surface area contributed by atoms with Crippen LogP contribution in [0.15, 0.2) is 42.9 Å². The van der Waals surface area contributed by atoms with Gasteiger partial charge in [0.15, 0.2) is 0 Å². The van der Waals surface area contributed by atoms with Gasteiger partial charge in [0.2, 0.25) is 0 Å². The number of piperidine rings is 1. The van der Waals surface area contributed by atoms with Gasteiger partial charge in [-0.05, 0) is 43.5 Å². The van der Waals surface area contributed by atoms with Gasteiger partial charge in [-0.1, -0.05) is 18.2 Å². The van der Waals surface area contributed by atoms with Crippen LogP contribution in [0.1, 0.15) is 35.7 Å². The molecule has 4 heteroatoms. The maximum atomic E-state index is 4.57. The van der Waals surface area contributed by atoms with Crippen molar-refractivity contribution < 1.29 is 0 Å². The van der Waals surface area contributed by atoms with E-state index in [0.29, 0.717) is 5.92 Å². The highest BCUT2D eigenvalue weighted by Crippen LogP contribution is 2.28. The van der Waals surface area contributed by atoms with Gasteiger partial charge in [-0.25, -0.2) is 4.98 Å². The lowest BCUT2D eigenvalue weighted by atomic mass is 9.96. The molecular weight excluding hydrogens is 296 g/mol. The topological polar surface area (TPSA) is 34.0 Å². The molecule has 0 amide bonds. The molecule has 3 heterocycles. The first-order valence-electron chi connectivity index (χ1n) is 8.75. The lowest BCUT2D eigenvalue weighted by molar-refractivity contribution is 0.196. The van der Waals surface area contributed by atoms with Crippen molar-refractivity contribution in [1.82, 2.24) is 19.4 Å². The molecule has 0 radical (unpaired) electrons. The molecule has 1 aromatic carbocycles. The van der Waals surface area contributed by atoms with Crippen LogP contribution in [0.2, 0.25) is 0 Å². The molecule has 0 unspecified atom stereocenters. The third-order valence-electron chi connectivity index (χ3n) is 5.18. The Hall–Kier alpha value is -2.20. The normalized spacial score (nSPS) is 19.0. The van der Waals surface area contributed by atoms with Crippen molar-refractivity contribution in [2.45, 2.75) is 32.2 Å². The van der Waals surface area contributed by atoms with Gasteiger partial charge >= 0.3 is 0 Å². The molecule has 24 heavy (non-hydrogen) atoms. The van der Waals surface area contributed by atoms with E-state index < -0.39 is 0 Å². The van der Waals surface area contributed by atoms with Crippen LogP contribution in [0, 0.1) is 6.92 Å². The van der Waals surface area contributed by atoms with Crippen molar-refractivity contribution in [3.05, 3.63) is 59.8 Å². The lowest BCUT2D eigenvalue weighted by Gasteiger charge is -2.32. The molecule has 4 nitrogen and oxygen atoms in total. The minimum Gasteiger partial charge on any atom is -0.338 e. The number of rotatable bonds is 3. The molecule has 0 spiro atoms. The van der Waals surface area contributed by atoms with Gasteiger partial charge in [0.1, 0.15) is 5.82 Å². The van der Waals surface area contributed by atoms with Gasteiger partial charge < -0.3 is 4.57 Å². The number of imidazole rings is 1. The third-order valence-corrected chi connectivity index (χ3v) is 5.18. The monoisotopic (exact) mass is 320 g/mol. The van der Waals surface area contributed by atoms with E-state index in [4.69, 9.17) is 0 Å². The zero-order chi connectivity index (χ0) is 16.5. The second-order valence-corrected chi connectivity index (χ2v) is 6.91. The number of aromatic nitrogens is 3. The van der Waals surface area contributed by atoms with E-state index >= 15 is 0 Å². The molecule has 1 atom stereocenters. The van der Waals surface area contributed by atoms with E-state index in [-0.39, 0.29) is 0 Å². The van der Waals surface area contributed by atoms with Crippen molar-refractivity contribution in [2.75, 3.05) is 13.1 Å². The smallest absolute Gasteiger partial charge is 0.112 e. The van der Waals surface area contributed by atoms with E-state index in [1.165, 1.54) is 35.2 Å². The van der Waals surface area contributed by atoms with E-state index in [0.717, 1.165) is 25.2 Å². The van der Waals surface area contributed by atoms with Crippen LogP contribution in [0.3, 0.4) is 0 Å². The van der Waals surface area contributed by atoms with Gasteiger partial charge in [0.05, 0.1) is 5.52 Å². The Bertz CT molecular complexity index is 852. The molecule has 0 bridgehead atoms. The number of nitrogens with zero attached hydrogens (tertiary/aromatic N) is 4. The van der Waals surface area contributed by atoms with Crippen molar-refractivity contribution in [2.24, 2.45) is 7.05 Å². The Labute approximate surface area is 143 Å². The van der Waals surface area contributed by atoms with E-state index in [1.807, 2.05) is 24.7 Å². The number of hydrogen-bond donors (Lipinski definition) is 0. The van der Waals surface area contributed by atoms with Crippen LogP contribution in [-0.2, 0) is 13.6 Å². The van der Waals surface area contributed by atoms with E-state index in [1.54, 1.807) is 0 Å². The van der Waals surface area contributed by atoms with Crippen molar-refractivity contribution in [3.8, 4) is 0 Å². The van der Waals surface area contributed by atoms with Gasteiger partial charge in [-0.2, -0.15) is 0 Å². The largest absolute Gasteiger partial charge is 0.338 e. The minimum atomic E-state index is 0.536. The third kappa shape index (κ3) is 2.82. The molecule has 1 aliphatic heterocycles. The molecule has 0 saturated carbocycles. The highest BCUT2D eigenvalue weighted by atomic mass is 15.1. The van der Waals surface area contributed by atoms with Crippen molar-refractivity contribution >= 4 is 10.9 Å². The first-order valence-corrected chi connectivity index (χ1v) is 8.75. The predicted molar refractivity (Wildman–Crippen MR) is 96.9 cm³/mol. The summed E-state index contributed by atoms with van der Waals surface area (Å²) in [7, 11) is 2.10. The zero-order valence-electron chi connectivity index (χ0n) is 14.4. The number of aryl methyl sites for hydroxylation is 2. The average molecular weight is 320 g/mol. The highest BCUT2D eigenvalue weighted by molar-refractivity contribution is 5.84. The number of fused-ring (bicyclic) bond motifs is 1. The quantitative estimate of drug-likeness (QED) is 0.738. The Kier molecular flexibility index (Phi) is 4.07. The predicted octanol–water partition coefficient (Wildman–Crippen LogP) is 3.66. The maximum Gasteiger partial charge on any atom is 0.112 e. The SMILES string of the molecule is Cc1ccc(CN2CCC[C@H](c3nccn3C)C2)c2cccnc12. The molecule has 1 saturated heterocycles. The Morgan fingerprint density at radius 3 is 2.92 bits per heavy atom. The summed E-state index contributed by atoms with van der Waals surface area (Å²) in [6, 6.07) is 8.71. The summed E-state index contributed by atoms with van der Waals surface area (Å²) in [6.45, 7) is 5.37. The van der Waals surface area contributed by atoms with Crippen LogP contribution in [-0.4, -0.2) is 32.5 Å². The second-order valence-electron chi connectivity index (χ2n) is 6.91. The minimum absolute atomic E-state index is 0.536. The van der Waals surface area contributed by atoms with Crippen molar-refractivity contribution in [3.63, 3.8) is 0 Å². The Balaban J connectivity index is 1.57. The first kappa shape index (κ1) is 15.3. The van der Waals surface area contributed by atoms with Gasteiger partial charge in [0.25, 0.3) is 0 Å². The van der Waals surface area contributed by atoms with E-state index in [9.17, 15) is 0 Å². The number of hydrogen-bond acceptors (Lipinski definition) is 3. The number of benzene rings is 1. The zero-order valence-corrected chi connectivity index (χ0v) is 14.4. The molecule has 3 aromatic rings. The molecule has 0 aliphatic carbocycles. The lowest BCUT2D eigenvalue weighted by Crippen LogP contribution is -2.34. The number of likely N-dealkylation sites (tertiary alicyclic amines) is 1. The van der Waals surface area contributed by atoms with Gasteiger partial charge in [-0.15, -0.1) is 0 Å². The van der Waals surface area contributed by atoms with Crippen LogP contribution in [0.5, 0.6) is 0 Å². The molecule has 124 valence electrons. The summed E-state index contributed by atoms with van der Waals surface area (Å²) in [5.74, 6) is 1.75. The summed E-state index contributed by atoms with van der Waals surface area (Å²) in [5.41, 5.74) is 3.76. The highest BCUT2D eigenvalue weighted by Gasteiger charge is 2.24. The Morgan fingerprint density at radius 2 is 2.08 bits per heavy atom. The standard InChI is InChI=1S/C20H24N4/c1-15-7-8-16(18-6-3-9-21-19(15)18)13-24-11-4-5-17(14-24)20-22-10-12-23(20)2/h3,6-10,12,17H,4-5,11,13-14H2,1-2H3/t17-/m0/s1. The molecular formula is C20H24N4. The summed E-state index contributed by atoms with van der Waals surface area (Å²) < 4.78 is 2.17. The Morgan fingerprint density at radius 1 is 1.17 bits per heavy atom. The van der Waals surface area contributed by atoms with Gasteiger partial charge in [-0.3, -0.25) is 9.88 Å². The fourth-order valence-electron chi connectivity index (χ4n) is 3.93.